The van der Waals surface area contributed by atoms with Crippen molar-refractivity contribution in [2.45, 2.75) is 0 Å². The topological polar surface area (TPSA) is 115 Å². The maximum Gasteiger partial charge on any atom is 0.250 e. The number of aryl methyl sites for hydroxylation is 1. The highest BCUT2D eigenvalue weighted by Gasteiger charge is 2.20. The predicted octanol–water partition coefficient (Wildman–Crippen LogP) is 1.32. The van der Waals surface area contributed by atoms with Gasteiger partial charge in [-0.1, -0.05) is 0 Å². The van der Waals surface area contributed by atoms with E-state index in [1.54, 1.807) is 16.7 Å². The molecular weight excluding hydrogens is 349 g/mol. The summed E-state index contributed by atoms with van der Waals surface area (Å²) in [5.41, 5.74) is 15.3. The fourth-order valence-electron chi connectivity index (χ4n) is 2.64. The minimum absolute atomic E-state index is 0.182. The number of carbonyl (C=O) groups excluding carboxylic acids is 1. The molecule has 3 aromatic rings. The highest BCUT2D eigenvalue weighted by Crippen LogP contribution is 2.31. The number of halogens is 1. The van der Waals surface area contributed by atoms with Crippen LogP contribution in [0.1, 0.15) is 10.4 Å². The molecule has 0 aliphatic heterocycles. The summed E-state index contributed by atoms with van der Waals surface area (Å²) < 4.78 is 17.1. The summed E-state index contributed by atoms with van der Waals surface area (Å²) in [4.78, 5) is 19.6. The molecule has 0 spiro atoms. The molecule has 0 bridgehead atoms. The van der Waals surface area contributed by atoms with Gasteiger partial charge >= 0.3 is 0 Å². The van der Waals surface area contributed by atoms with Gasteiger partial charge in [0.15, 0.2) is 5.82 Å². The van der Waals surface area contributed by atoms with Gasteiger partial charge in [-0.2, -0.15) is 0 Å². The van der Waals surface area contributed by atoms with Crippen molar-refractivity contribution in [2.75, 3.05) is 18.1 Å². The van der Waals surface area contributed by atoms with Crippen LogP contribution in [-0.4, -0.2) is 33.5 Å². The fraction of sp³-hybridized carbons (Fsp3) is 0.167. The highest BCUT2D eigenvalue weighted by molar-refractivity contribution is 5.92. The molecule has 5 N–H and O–H groups in total. The number of carbonyl (C=O) groups is 1. The normalized spacial score (nSPS) is 10.8. The van der Waals surface area contributed by atoms with E-state index in [9.17, 15) is 4.79 Å². The Morgan fingerprint density at radius 2 is 2.11 bits per heavy atom. The number of anilines is 2. The molecule has 27 heavy (non-hydrogen) atoms. The zero-order valence-corrected chi connectivity index (χ0v) is 14.8. The number of rotatable bonds is 7. The predicted molar refractivity (Wildman–Crippen MR) is 101 cm³/mol. The maximum atomic E-state index is 15.3. The van der Waals surface area contributed by atoms with E-state index in [0.717, 1.165) is 0 Å². The Balaban J connectivity index is 2.05. The third-order valence-corrected chi connectivity index (χ3v) is 4.00. The summed E-state index contributed by atoms with van der Waals surface area (Å²) in [6, 6.07) is 6.73. The van der Waals surface area contributed by atoms with Gasteiger partial charge in [0.1, 0.15) is 11.5 Å². The molecule has 3 heterocycles. The summed E-state index contributed by atoms with van der Waals surface area (Å²) in [6.07, 6.45) is 6.03. The monoisotopic (exact) mass is 369 g/mol. The van der Waals surface area contributed by atoms with E-state index in [-0.39, 0.29) is 11.3 Å². The number of hydrogen-bond acceptors (Lipinski definition) is 6. The van der Waals surface area contributed by atoms with Gasteiger partial charge < -0.3 is 16.0 Å². The summed E-state index contributed by atoms with van der Waals surface area (Å²) >= 11 is 0. The van der Waals surface area contributed by atoms with Crippen molar-refractivity contribution in [3.05, 3.63) is 60.4 Å². The standard InChI is InChI=1S/C18H20FN7O/c1-25-8-2-3-14(25)13-10-22-11-15(17(13)19)26(24-7-6-20)16-5-4-12(9-23-16)18(21)27/h2-5,8-11,24H,6-7,20H2,1H3,(H2,21,27). The van der Waals surface area contributed by atoms with Crippen LogP contribution in [0.3, 0.4) is 0 Å². The lowest BCUT2D eigenvalue weighted by Crippen LogP contribution is -2.38. The van der Waals surface area contributed by atoms with Crippen LogP contribution in [0.25, 0.3) is 11.3 Å². The molecule has 8 nitrogen and oxygen atoms in total. The zero-order chi connectivity index (χ0) is 19.4. The largest absolute Gasteiger partial charge is 0.366 e. The number of nitrogens with zero attached hydrogens (tertiary/aromatic N) is 4. The van der Waals surface area contributed by atoms with Crippen molar-refractivity contribution in [1.29, 1.82) is 0 Å². The molecule has 0 unspecified atom stereocenters. The summed E-state index contributed by atoms with van der Waals surface area (Å²) in [5.74, 6) is -0.677. The maximum absolute atomic E-state index is 15.3. The van der Waals surface area contributed by atoms with Gasteiger partial charge in [0.25, 0.3) is 0 Å². The molecule has 9 heteroatoms. The molecule has 0 saturated carbocycles. The van der Waals surface area contributed by atoms with E-state index < -0.39 is 11.7 Å². The van der Waals surface area contributed by atoms with Crippen LogP contribution in [0.5, 0.6) is 0 Å². The molecule has 1 amide bonds. The number of nitrogens with one attached hydrogen (secondary N) is 1. The van der Waals surface area contributed by atoms with Crippen molar-refractivity contribution in [3.63, 3.8) is 0 Å². The van der Waals surface area contributed by atoms with Crippen molar-refractivity contribution in [2.24, 2.45) is 18.5 Å². The van der Waals surface area contributed by atoms with Gasteiger partial charge in [-0.15, -0.1) is 0 Å². The molecule has 0 saturated heterocycles. The Hall–Kier alpha value is -3.30. The van der Waals surface area contributed by atoms with Gasteiger partial charge in [-0.3, -0.25) is 14.8 Å². The lowest BCUT2D eigenvalue weighted by atomic mass is 10.2. The van der Waals surface area contributed by atoms with Crippen LogP contribution in [0.2, 0.25) is 0 Å². The van der Waals surface area contributed by atoms with Crippen molar-refractivity contribution >= 4 is 17.4 Å². The van der Waals surface area contributed by atoms with Crippen LogP contribution in [0.4, 0.5) is 15.9 Å². The van der Waals surface area contributed by atoms with Crippen LogP contribution < -0.4 is 21.9 Å². The quantitative estimate of drug-likeness (QED) is 0.541. The first kappa shape index (κ1) is 18.5. The molecule has 140 valence electrons. The minimum Gasteiger partial charge on any atom is -0.366 e. The van der Waals surface area contributed by atoms with Crippen LogP contribution in [-0.2, 0) is 7.05 Å². The van der Waals surface area contributed by atoms with Crippen molar-refractivity contribution < 1.29 is 9.18 Å². The smallest absolute Gasteiger partial charge is 0.250 e. The second-order valence-electron chi connectivity index (χ2n) is 5.83. The number of hydrazine groups is 1. The van der Waals surface area contributed by atoms with Gasteiger partial charge in [0.05, 0.1) is 23.0 Å². The summed E-state index contributed by atoms with van der Waals surface area (Å²) in [6.45, 7) is 0.718. The number of hydrogen-bond donors (Lipinski definition) is 3. The second-order valence-corrected chi connectivity index (χ2v) is 5.83. The molecule has 3 aromatic heterocycles. The summed E-state index contributed by atoms with van der Waals surface area (Å²) in [7, 11) is 1.83. The number of primary amides is 1. The number of nitrogens with two attached hydrogens (primary N) is 2. The molecular formula is C18H20FN7O. The molecule has 0 aliphatic rings. The molecule has 0 atom stereocenters. The molecule has 0 aromatic carbocycles. The Bertz CT molecular complexity index is 939. The lowest BCUT2D eigenvalue weighted by Gasteiger charge is -2.25. The van der Waals surface area contributed by atoms with E-state index in [4.69, 9.17) is 11.5 Å². The Morgan fingerprint density at radius 3 is 2.70 bits per heavy atom. The average Bonchev–Trinajstić information content (AvgIpc) is 3.09. The van der Waals surface area contributed by atoms with Gasteiger partial charge in [0, 0.05) is 38.7 Å². The third-order valence-electron chi connectivity index (χ3n) is 4.00. The number of aromatic nitrogens is 3. The molecule has 0 fully saturated rings. The average molecular weight is 369 g/mol. The minimum atomic E-state index is -0.589. The van der Waals surface area contributed by atoms with E-state index in [1.807, 2.05) is 19.3 Å². The first-order valence-electron chi connectivity index (χ1n) is 8.27. The van der Waals surface area contributed by atoms with E-state index >= 15 is 4.39 Å². The number of amides is 1. The van der Waals surface area contributed by atoms with Crippen LogP contribution in [0.15, 0.2) is 49.1 Å². The van der Waals surface area contributed by atoms with Gasteiger partial charge in [0.2, 0.25) is 5.91 Å². The van der Waals surface area contributed by atoms with E-state index in [0.29, 0.717) is 30.2 Å². The van der Waals surface area contributed by atoms with Gasteiger partial charge in [-0.05, 0) is 24.3 Å². The van der Waals surface area contributed by atoms with Gasteiger partial charge in [-0.25, -0.2) is 14.8 Å². The molecule has 3 rings (SSSR count). The highest BCUT2D eigenvalue weighted by atomic mass is 19.1. The van der Waals surface area contributed by atoms with E-state index in [2.05, 4.69) is 15.4 Å². The molecule has 0 radical (unpaired) electrons. The second kappa shape index (κ2) is 7.94. The Kier molecular flexibility index (Phi) is 5.43. The first-order valence-corrected chi connectivity index (χ1v) is 8.27. The zero-order valence-electron chi connectivity index (χ0n) is 14.8. The fourth-order valence-corrected chi connectivity index (χ4v) is 2.64. The Morgan fingerprint density at radius 1 is 1.30 bits per heavy atom. The number of pyridine rings is 2. The van der Waals surface area contributed by atoms with Crippen LogP contribution >= 0.6 is 0 Å². The van der Waals surface area contributed by atoms with E-state index in [1.165, 1.54) is 29.7 Å². The summed E-state index contributed by atoms with van der Waals surface area (Å²) in [5, 5.41) is 1.45. The third kappa shape index (κ3) is 3.78. The SMILES string of the molecule is Cn1cccc1-c1cncc(N(NCCN)c2ccc(C(N)=O)cn2)c1F. The Labute approximate surface area is 155 Å². The molecule has 0 aliphatic carbocycles. The first-order chi connectivity index (χ1) is 13.0. The van der Waals surface area contributed by atoms with Crippen molar-refractivity contribution in [3.8, 4) is 11.3 Å². The van der Waals surface area contributed by atoms with Crippen molar-refractivity contribution in [1.82, 2.24) is 20.0 Å². The van der Waals surface area contributed by atoms with Crippen LogP contribution in [0, 0.1) is 5.82 Å². The lowest BCUT2D eigenvalue weighted by molar-refractivity contribution is 0.1000.